The van der Waals surface area contributed by atoms with E-state index < -0.39 is 0 Å². The van der Waals surface area contributed by atoms with Crippen LogP contribution in [0, 0.1) is 13.8 Å². The molecular formula is C23H21N7O. The van der Waals surface area contributed by atoms with Crippen LogP contribution in [-0.4, -0.2) is 35.3 Å². The highest BCUT2D eigenvalue weighted by atomic mass is 16.1. The Kier molecular flexibility index (Phi) is 4.66. The third-order valence-corrected chi connectivity index (χ3v) is 5.23. The van der Waals surface area contributed by atoms with Gasteiger partial charge in [0, 0.05) is 11.9 Å². The Morgan fingerprint density at radius 3 is 2.74 bits per heavy atom. The molecule has 5 rings (SSSR count). The number of nitrogens with one attached hydrogen (secondary N) is 1. The highest BCUT2D eigenvalue weighted by molar-refractivity contribution is 6.05. The number of aryl methyl sites for hydroxylation is 2. The zero-order valence-electron chi connectivity index (χ0n) is 17.3. The quantitative estimate of drug-likeness (QED) is 0.480. The van der Waals surface area contributed by atoms with Gasteiger partial charge in [-0.15, -0.1) is 10.2 Å². The lowest BCUT2D eigenvalue weighted by atomic mass is 10.1. The second-order valence-electron chi connectivity index (χ2n) is 7.56. The van der Waals surface area contributed by atoms with E-state index in [0.717, 1.165) is 22.3 Å². The van der Waals surface area contributed by atoms with E-state index in [4.69, 9.17) is 0 Å². The molecule has 0 aliphatic heterocycles. The molecule has 0 saturated carbocycles. The lowest BCUT2D eigenvalue weighted by Gasteiger charge is -2.08. The number of aromatic nitrogens is 6. The molecule has 8 heteroatoms. The molecule has 154 valence electrons. The normalized spacial score (nSPS) is 11.3. The molecule has 31 heavy (non-hydrogen) atoms. The molecule has 0 saturated heterocycles. The first-order chi connectivity index (χ1) is 15.1. The van der Waals surface area contributed by atoms with E-state index in [2.05, 4.69) is 56.8 Å². The van der Waals surface area contributed by atoms with Crippen LogP contribution >= 0.6 is 0 Å². The van der Waals surface area contributed by atoms with Crippen molar-refractivity contribution in [1.82, 2.24) is 34.7 Å². The van der Waals surface area contributed by atoms with E-state index in [-0.39, 0.29) is 12.5 Å². The van der Waals surface area contributed by atoms with Gasteiger partial charge >= 0.3 is 0 Å². The molecule has 0 bridgehead atoms. The highest BCUT2D eigenvalue weighted by Gasteiger charge is 2.17. The molecule has 0 unspecified atom stereocenters. The van der Waals surface area contributed by atoms with Gasteiger partial charge in [0.2, 0.25) is 0 Å². The maximum Gasteiger partial charge on any atom is 0.252 e. The molecule has 0 fully saturated rings. The first kappa shape index (κ1) is 18.9. The summed E-state index contributed by atoms with van der Waals surface area (Å²) in [6, 6.07) is 15.8. The summed E-state index contributed by atoms with van der Waals surface area (Å²) in [5, 5.41) is 16.5. The zero-order chi connectivity index (χ0) is 21.4. The van der Waals surface area contributed by atoms with Gasteiger partial charge in [-0.25, -0.2) is 9.67 Å². The monoisotopic (exact) mass is 411 g/mol. The molecule has 4 aromatic heterocycles. The summed E-state index contributed by atoms with van der Waals surface area (Å²) >= 11 is 0. The summed E-state index contributed by atoms with van der Waals surface area (Å²) in [4.78, 5) is 17.7. The van der Waals surface area contributed by atoms with Crippen LogP contribution in [0.15, 0.2) is 60.9 Å². The maximum atomic E-state index is 13.0. The highest BCUT2D eigenvalue weighted by Crippen LogP contribution is 2.20. The average molecular weight is 411 g/mol. The first-order valence-corrected chi connectivity index (χ1v) is 10.0. The SMILES string of the molecule is Cc1ccc(Cn2ncc3c(C(=O)NCc4nnc5ccccn45)cc(C)nc32)cc1. The fourth-order valence-electron chi connectivity index (χ4n) is 3.61. The molecule has 0 atom stereocenters. The minimum Gasteiger partial charge on any atom is -0.345 e. The van der Waals surface area contributed by atoms with Crippen molar-refractivity contribution in [3.8, 4) is 0 Å². The lowest BCUT2D eigenvalue weighted by molar-refractivity contribution is 0.0951. The molecular weight excluding hydrogens is 390 g/mol. The maximum absolute atomic E-state index is 13.0. The Morgan fingerprint density at radius 1 is 1.06 bits per heavy atom. The second kappa shape index (κ2) is 7.64. The van der Waals surface area contributed by atoms with Crippen molar-refractivity contribution in [2.75, 3.05) is 0 Å². The van der Waals surface area contributed by atoms with Gasteiger partial charge in [-0.3, -0.25) is 9.20 Å². The molecule has 1 amide bonds. The van der Waals surface area contributed by atoms with Crippen molar-refractivity contribution in [1.29, 1.82) is 0 Å². The van der Waals surface area contributed by atoms with Crippen LogP contribution in [0.1, 0.15) is 33.0 Å². The Balaban J connectivity index is 1.42. The van der Waals surface area contributed by atoms with Crippen LogP contribution in [0.2, 0.25) is 0 Å². The number of carbonyl (C=O) groups excluding carboxylic acids is 1. The van der Waals surface area contributed by atoms with Gasteiger partial charge in [0.1, 0.15) is 0 Å². The van der Waals surface area contributed by atoms with Crippen LogP contribution < -0.4 is 5.32 Å². The molecule has 0 aliphatic rings. The molecule has 0 aliphatic carbocycles. The van der Waals surface area contributed by atoms with E-state index in [1.165, 1.54) is 5.56 Å². The van der Waals surface area contributed by atoms with Gasteiger partial charge in [0.15, 0.2) is 17.1 Å². The summed E-state index contributed by atoms with van der Waals surface area (Å²) in [5.41, 5.74) is 5.08. The van der Waals surface area contributed by atoms with Crippen molar-refractivity contribution in [3.05, 3.63) is 89.1 Å². The number of fused-ring (bicyclic) bond motifs is 2. The van der Waals surface area contributed by atoms with E-state index in [0.29, 0.717) is 23.6 Å². The number of pyridine rings is 2. The predicted octanol–water partition coefficient (Wildman–Crippen LogP) is 3.07. The van der Waals surface area contributed by atoms with Gasteiger partial charge in [-0.1, -0.05) is 35.9 Å². The topological polar surface area (TPSA) is 90.0 Å². The van der Waals surface area contributed by atoms with E-state index in [9.17, 15) is 4.79 Å². The molecule has 8 nitrogen and oxygen atoms in total. The van der Waals surface area contributed by atoms with Gasteiger partial charge in [0.25, 0.3) is 5.91 Å². The largest absolute Gasteiger partial charge is 0.345 e. The van der Waals surface area contributed by atoms with Crippen molar-refractivity contribution < 1.29 is 4.79 Å². The first-order valence-electron chi connectivity index (χ1n) is 10.0. The van der Waals surface area contributed by atoms with Gasteiger partial charge in [-0.2, -0.15) is 5.10 Å². The van der Waals surface area contributed by atoms with Crippen LogP contribution in [0.5, 0.6) is 0 Å². The summed E-state index contributed by atoms with van der Waals surface area (Å²) in [6.07, 6.45) is 3.58. The Hall–Kier alpha value is -4.07. The van der Waals surface area contributed by atoms with Crippen molar-refractivity contribution in [3.63, 3.8) is 0 Å². The number of benzene rings is 1. The fourth-order valence-corrected chi connectivity index (χ4v) is 3.61. The van der Waals surface area contributed by atoms with E-state index >= 15 is 0 Å². The van der Waals surface area contributed by atoms with Gasteiger partial charge < -0.3 is 5.32 Å². The molecule has 0 spiro atoms. The fraction of sp³-hybridized carbons (Fsp3) is 0.174. The smallest absolute Gasteiger partial charge is 0.252 e. The third kappa shape index (κ3) is 3.63. The minimum absolute atomic E-state index is 0.196. The standard InChI is InChI=1S/C23H21N7O/c1-15-6-8-17(9-7-15)14-30-22-19(12-25-30)18(11-16(2)26-22)23(31)24-13-21-28-27-20-5-3-4-10-29(20)21/h3-12H,13-14H2,1-2H3,(H,24,31). The molecule has 1 aromatic carbocycles. The summed E-state index contributed by atoms with van der Waals surface area (Å²) in [7, 11) is 0. The number of amides is 1. The van der Waals surface area contributed by atoms with Gasteiger partial charge in [-0.05, 0) is 37.6 Å². The zero-order valence-corrected chi connectivity index (χ0v) is 17.3. The van der Waals surface area contributed by atoms with E-state index in [1.807, 2.05) is 40.4 Å². The Morgan fingerprint density at radius 2 is 1.90 bits per heavy atom. The van der Waals surface area contributed by atoms with Crippen LogP contribution in [0.25, 0.3) is 16.7 Å². The molecule has 4 heterocycles. The van der Waals surface area contributed by atoms with Crippen LogP contribution in [-0.2, 0) is 13.1 Å². The van der Waals surface area contributed by atoms with E-state index in [1.54, 1.807) is 12.3 Å². The third-order valence-electron chi connectivity index (χ3n) is 5.23. The Labute approximate surface area is 178 Å². The second-order valence-corrected chi connectivity index (χ2v) is 7.56. The molecule has 1 N–H and O–H groups in total. The predicted molar refractivity (Wildman–Crippen MR) is 117 cm³/mol. The number of hydrogen-bond donors (Lipinski definition) is 1. The number of nitrogens with zero attached hydrogens (tertiary/aromatic N) is 6. The lowest BCUT2D eigenvalue weighted by Crippen LogP contribution is -2.24. The van der Waals surface area contributed by atoms with Crippen molar-refractivity contribution in [2.24, 2.45) is 0 Å². The number of carbonyl (C=O) groups is 1. The number of hydrogen-bond acceptors (Lipinski definition) is 5. The summed E-state index contributed by atoms with van der Waals surface area (Å²) in [5.74, 6) is 0.471. The van der Waals surface area contributed by atoms with Crippen LogP contribution in [0.4, 0.5) is 0 Å². The number of rotatable bonds is 5. The average Bonchev–Trinajstić information content (AvgIpc) is 3.37. The van der Waals surface area contributed by atoms with Crippen LogP contribution in [0.3, 0.4) is 0 Å². The van der Waals surface area contributed by atoms with Gasteiger partial charge in [0.05, 0.1) is 30.2 Å². The summed E-state index contributed by atoms with van der Waals surface area (Å²) in [6.45, 7) is 4.80. The summed E-state index contributed by atoms with van der Waals surface area (Å²) < 4.78 is 3.68. The Bertz CT molecular complexity index is 1400. The van der Waals surface area contributed by atoms with Crippen molar-refractivity contribution >= 4 is 22.6 Å². The molecule has 5 aromatic rings. The van der Waals surface area contributed by atoms with Crippen molar-refractivity contribution in [2.45, 2.75) is 26.9 Å². The molecule has 0 radical (unpaired) electrons. The minimum atomic E-state index is -0.196.